The second-order valence-electron chi connectivity index (χ2n) is 7.84. The van der Waals surface area contributed by atoms with E-state index in [1.54, 1.807) is 14.0 Å². The first kappa shape index (κ1) is 19.2. The van der Waals surface area contributed by atoms with Crippen molar-refractivity contribution in [3.8, 4) is 5.75 Å². The molecule has 0 spiro atoms. The summed E-state index contributed by atoms with van der Waals surface area (Å²) in [5.41, 5.74) is 1.17. The SMILES string of the molecule is COc1ccc(COCCCC[C@@H]2C=C[C@@H]3CCC[C@H]3[C@@H]2C(C)=O)cc1. The summed E-state index contributed by atoms with van der Waals surface area (Å²) < 4.78 is 11.0. The van der Waals surface area contributed by atoms with Gasteiger partial charge < -0.3 is 9.47 Å². The molecule has 0 heterocycles. The van der Waals surface area contributed by atoms with Crippen molar-refractivity contribution in [2.75, 3.05) is 13.7 Å². The van der Waals surface area contributed by atoms with E-state index < -0.39 is 0 Å². The highest BCUT2D eigenvalue weighted by Crippen LogP contribution is 2.46. The molecule has 0 N–H and O–H groups in total. The molecule has 1 saturated carbocycles. The highest BCUT2D eigenvalue weighted by Gasteiger charge is 2.40. The van der Waals surface area contributed by atoms with Crippen LogP contribution in [0.25, 0.3) is 0 Å². The Morgan fingerprint density at radius 3 is 2.65 bits per heavy atom. The molecule has 0 bridgehead atoms. The predicted molar refractivity (Wildman–Crippen MR) is 104 cm³/mol. The van der Waals surface area contributed by atoms with Crippen LogP contribution in [0.1, 0.15) is 51.0 Å². The Balaban J connectivity index is 1.37. The summed E-state index contributed by atoms with van der Waals surface area (Å²) in [6, 6.07) is 8.01. The van der Waals surface area contributed by atoms with Gasteiger partial charge in [-0.05, 0) is 68.1 Å². The van der Waals surface area contributed by atoms with Gasteiger partial charge in [-0.25, -0.2) is 0 Å². The number of allylic oxidation sites excluding steroid dienone is 2. The van der Waals surface area contributed by atoms with E-state index in [-0.39, 0.29) is 5.92 Å². The van der Waals surface area contributed by atoms with Gasteiger partial charge in [0.25, 0.3) is 0 Å². The normalized spacial score (nSPS) is 27.3. The lowest BCUT2D eigenvalue weighted by Gasteiger charge is -2.35. The van der Waals surface area contributed by atoms with Crippen LogP contribution in [0.15, 0.2) is 36.4 Å². The zero-order chi connectivity index (χ0) is 18.4. The zero-order valence-corrected chi connectivity index (χ0v) is 16.2. The molecule has 1 aromatic rings. The maximum absolute atomic E-state index is 12.2. The monoisotopic (exact) mass is 356 g/mol. The van der Waals surface area contributed by atoms with E-state index in [4.69, 9.17) is 9.47 Å². The number of ether oxygens (including phenoxy) is 2. The van der Waals surface area contributed by atoms with Gasteiger partial charge in [0.2, 0.25) is 0 Å². The van der Waals surface area contributed by atoms with E-state index in [0.29, 0.717) is 30.1 Å². The predicted octanol–water partition coefficient (Wildman–Crippen LogP) is 5.19. The van der Waals surface area contributed by atoms with Crippen LogP contribution in [0.2, 0.25) is 0 Å². The van der Waals surface area contributed by atoms with Gasteiger partial charge >= 0.3 is 0 Å². The maximum Gasteiger partial charge on any atom is 0.133 e. The van der Waals surface area contributed by atoms with E-state index in [2.05, 4.69) is 12.2 Å². The zero-order valence-electron chi connectivity index (χ0n) is 16.2. The Hall–Kier alpha value is -1.61. The fraction of sp³-hybridized carbons (Fsp3) is 0.609. The molecule has 0 amide bonds. The number of Topliss-reactive ketones (excluding diaryl/α,β-unsaturated/α-hetero) is 1. The largest absolute Gasteiger partial charge is 0.497 e. The van der Waals surface area contributed by atoms with Crippen molar-refractivity contribution >= 4 is 5.78 Å². The summed E-state index contributed by atoms with van der Waals surface area (Å²) in [5, 5.41) is 0. The molecule has 2 aliphatic rings. The first-order valence-electron chi connectivity index (χ1n) is 10.1. The van der Waals surface area contributed by atoms with Crippen molar-refractivity contribution in [2.24, 2.45) is 23.7 Å². The summed E-state index contributed by atoms with van der Waals surface area (Å²) in [4.78, 5) is 12.2. The number of hydrogen-bond donors (Lipinski definition) is 0. The molecule has 0 aliphatic heterocycles. The molecule has 3 heteroatoms. The van der Waals surface area contributed by atoms with Crippen LogP contribution in [0.3, 0.4) is 0 Å². The Morgan fingerprint density at radius 1 is 1.12 bits per heavy atom. The summed E-state index contributed by atoms with van der Waals surface area (Å²) >= 11 is 0. The number of carbonyl (C=O) groups is 1. The van der Waals surface area contributed by atoms with Crippen LogP contribution in [-0.2, 0) is 16.1 Å². The van der Waals surface area contributed by atoms with E-state index in [0.717, 1.165) is 31.6 Å². The third-order valence-electron chi connectivity index (χ3n) is 6.13. The summed E-state index contributed by atoms with van der Waals surface area (Å²) in [5.74, 6) is 3.23. The molecule has 4 atom stereocenters. The molecule has 0 unspecified atom stereocenters. The van der Waals surface area contributed by atoms with Crippen molar-refractivity contribution in [1.29, 1.82) is 0 Å². The Labute approximate surface area is 157 Å². The minimum Gasteiger partial charge on any atom is -0.497 e. The number of ketones is 1. The van der Waals surface area contributed by atoms with Gasteiger partial charge in [-0.15, -0.1) is 0 Å². The average Bonchev–Trinajstić information content (AvgIpc) is 3.13. The molecular weight excluding hydrogens is 324 g/mol. The lowest BCUT2D eigenvalue weighted by atomic mass is 9.69. The summed E-state index contributed by atoms with van der Waals surface area (Å²) in [6.45, 7) is 3.22. The van der Waals surface area contributed by atoms with E-state index in [1.807, 2.05) is 24.3 Å². The molecule has 3 nitrogen and oxygen atoms in total. The first-order valence-corrected chi connectivity index (χ1v) is 10.1. The average molecular weight is 357 g/mol. The molecule has 26 heavy (non-hydrogen) atoms. The van der Waals surface area contributed by atoms with Crippen molar-refractivity contribution in [1.82, 2.24) is 0 Å². The minimum absolute atomic E-state index is 0.257. The quantitative estimate of drug-likeness (QED) is 0.451. The number of methoxy groups -OCH3 is 1. The molecule has 3 rings (SSSR count). The van der Waals surface area contributed by atoms with Crippen molar-refractivity contribution in [3.63, 3.8) is 0 Å². The van der Waals surface area contributed by atoms with E-state index in [1.165, 1.54) is 24.8 Å². The van der Waals surface area contributed by atoms with Gasteiger partial charge in [0.05, 0.1) is 13.7 Å². The van der Waals surface area contributed by atoms with Gasteiger partial charge in [-0.2, -0.15) is 0 Å². The molecule has 1 fully saturated rings. The smallest absolute Gasteiger partial charge is 0.133 e. The minimum atomic E-state index is 0.257. The van der Waals surface area contributed by atoms with Crippen LogP contribution >= 0.6 is 0 Å². The van der Waals surface area contributed by atoms with Crippen molar-refractivity contribution < 1.29 is 14.3 Å². The van der Waals surface area contributed by atoms with Crippen LogP contribution in [0.5, 0.6) is 5.75 Å². The van der Waals surface area contributed by atoms with Crippen molar-refractivity contribution in [2.45, 2.75) is 52.1 Å². The van der Waals surface area contributed by atoms with Crippen molar-refractivity contribution in [3.05, 3.63) is 42.0 Å². The number of fused-ring (bicyclic) bond motifs is 1. The second-order valence-corrected chi connectivity index (χ2v) is 7.84. The molecule has 1 aromatic carbocycles. The molecule has 0 radical (unpaired) electrons. The molecule has 142 valence electrons. The van der Waals surface area contributed by atoms with Gasteiger partial charge in [0.15, 0.2) is 0 Å². The number of benzene rings is 1. The van der Waals surface area contributed by atoms with Crippen LogP contribution in [0, 0.1) is 23.7 Å². The van der Waals surface area contributed by atoms with E-state index in [9.17, 15) is 4.79 Å². The molecule has 0 aromatic heterocycles. The molecule has 0 saturated heterocycles. The Kier molecular flexibility index (Phi) is 6.90. The highest BCUT2D eigenvalue weighted by atomic mass is 16.5. The lowest BCUT2D eigenvalue weighted by Crippen LogP contribution is -2.33. The van der Waals surface area contributed by atoms with Crippen LogP contribution in [0.4, 0.5) is 0 Å². The van der Waals surface area contributed by atoms with Crippen LogP contribution in [-0.4, -0.2) is 19.5 Å². The van der Waals surface area contributed by atoms with Gasteiger partial charge in [-0.1, -0.05) is 37.1 Å². The van der Waals surface area contributed by atoms with Gasteiger partial charge in [0, 0.05) is 12.5 Å². The van der Waals surface area contributed by atoms with E-state index >= 15 is 0 Å². The summed E-state index contributed by atoms with van der Waals surface area (Å²) in [7, 11) is 1.68. The number of hydrogen-bond acceptors (Lipinski definition) is 3. The third kappa shape index (κ3) is 4.76. The maximum atomic E-state index is 12.2. The Bertz CT molecular complexity index is 604. The molecule has 2 aliphatic carbocycles. The fourth-order valence-electron chi connectivity index (χ4n) is 4.80. The fourth-order valence-corrected chi connectivity index (χ4v) is 4.80. The number of carbonyl (C=O) groups excluding carboxylic acids is 1. The summed E-state index contributed by atoms with van der Waals surface area (Å²) in [6.07, 6.45) is 11.8. The highest BCUT2D eigenvalue weighted by molar-refractivity contribution is 5.79. The van der Waals surface area contributed by atoms with Gasteiger partial charge in [-0.3, -0.25) is 4.79 Å². The first-order chi connectivity index (χ1) is 12.7. The number of unbranched alkanes of at least 4 members (excludes halogenated alkanes) is 1. The third-order valence-corrected chi connectivity index (χ3v) is 6.13. The Morgan fingerprint density at radius 2 is 1.92 bits per heavy atom. The topological polar surface area (TPSA) is 35.5 Å². The standard InChI is InChI=1S/C23H32O3/c1-17(24)23-20(12-11-19-7-5-8-22(19)23)6-3-4-15-26-16-18-9-13-21(25-2)14-10-18/h9-14,19-20,22-23H,3-8,15-16H2,1-2H3/t19-,20+,22+,23+/m0/s1. The lowest BCUT2D eigenvalue weighted by molar-refractivity contribution is -0.124. The second kappa shape index (κ2) is 9.36. The van der Waals surface area contributed by atoms with Crippen LogP contribution < -0.4 is 4.74 Å². The number of rotatable bonds is 9. The molecular formula is C23H32O3. The van der Waals surface area contributed by atoms with Gasteiger partial charge in [0.1, 0.15) is 11.5 Å².